The molecule has 7 aliphatic rings. The van der Waals surface area contributed by atoms with Gasteiger partial charge in [-0.15, -0.1) is 0 Å². The molecule has 6 fully saturated rings. The number of aliphatic hydroxyl groups excluding tert-OH is 9. The lowest BCUT2D eigenvalue weighted by atomic mass is 9.33. The Morgan fingerprint density at radius 1 is 0.741 bits per heavy atom. The normalized spacial score (nSPS) is 54.2. The Bertz CT molecular complexity index is 1610. The van der Waals surface area contributed by atoms with Gasteiger partial charge in [-0.05, 0) is 111 Å². The Morgan fingerprint density at radius 3 is 2.00 bits per heavy atom. The minimum Gasteiger partial charge on any atom is -0.481 e. The maximum absolute atomic E-state index is 14.8. The van der Waals surface area contributed by atoms with Crippen LogP contribution in [0.5, 0.6) is 0 Å². The van der Waals surface area contributed by atoms with Gasteiger partial charge in [-0.3, -0.25) is 9.59 Å². The first kappa shape index (κ1) is 44.3. The summed E-state index contributed by atoms with van der Waals surface area (Å²) in [6.07, 6.45) is -9.48. The molecule has 16 nitrogen and oxygen atoms in total. The molecule has 10 N–H and O–H groups in total. The summed E-state index contributed by atoms with van der Waals surface area (Å²) in [5, 5.41) is 105. The van der Waals surface area contributed by atoms with Crippen molar-refractivity contribution in [1.29, 1.82) is 0 Å². The van der Waals surface area contributed by atoms with E-state index >= 15 is 0 Å². The van der Waals surface area contributed by atoms with Gasteiger partial charge in [0, 0.05) is 6.61 Å². The van der Waals surface area contributed by atoms with E-state index in [0.29, 0.717) is 57.8 Å². The van der Waals surface area contributed by atoms with Gasteiger partial charge in [0.1, 0.15) is 48.8 Å². The van der Waals surface area contributed by atoms with Crippen molar-refractivity contribution >= 4 is 11.9 Å². The van der Waals surface area contributed by atoms with Gasteiger partial charge in [0.15, 0.2) is 6.29 Å². The van der Waals surface area contributed by atoms with E-state index in [0.717, 1.165) is 12.0 Å². The Balaban J connectivity index is 1.15. The number of ether oxygens (including phenoxy) is 4. The summed E-state index contributed by atoms with van der Waals surface area (Å²) in [7, 11) is 0. The summed E-state index contributed by atoms with van der Waals surface area (Å²) < 4.78 is 22.9. The molecule has 0 aromatic rings. The number of fused-ring (bicyclic) bond motifs is 7. The monoisotopic (exact) mass is 826 g/mol. The molecule has 0 spiro atoms. The van der Waals surface area contributed by atoms with Crippen LogP contribution in [0.1, 0.15) is 98.8 Å². The summed E-state index contributed by atoms with van der Waals surface area (Å²) in [5.74, 6) is -2.06. The molecule has 2 heterocycles. The van der Waals surface area contributed by atoms with E-state index in [4.69, 9.17) is 18.9 Å². The predicted octanol–water partition coefficient (Wildman–Crippen LogP) is 0.353. The number of rotatable bonds is 8. The third-order valence-corrected chi connectivity index (χ3v) is 17.6. The van der Waals surface area contributed by atoms with Crippen molar-refractivity contribution in [2.24, 2.45) is 50.2 Å². The number of hydrogen-bond acceptors (Lipinski definition) is 15. The first-order valence-electron chi connectivity index (χ1n) is 21.1. The van der Waals surface area contributed by atoms with E-state index in [-0.39, 0.29) is 35.2 Å². The van der Waals surface area contributed by atoms with Crippen LogP contribution in [0.4, 0.5) is 0 Å². The van der Waals surface area contributed by atoms with Gasteiger partial charge in [-0.2, -0.15) is 0 Å². The van der Waals surface area contributed by atoms with Crippen LogP contribution in [0.15, 0.2) is 11.6 Å². The van der Waals surface area contributed by atoms with Crippen molar-refractivity contribution in [2.75, 3.05) is 19.8 Å². The number of carbonyl (C=O) groups is 2. The number of aliphatic hydroxyl groups is 9. The fourth-order valence-electron chi connectivity index (χ4n) is 13.4. The van der Waals surface area contributed by atoms with Crippen LogP contribution in [0.2, 0.25) is 0 Å². The van der Waals surface area contributed by atoms with Gasteiger partial charge < -0.3 is 70.0 Å². The smallest absolute Gasteiger partial charge is 0.315 e. The van der Waals surface area contributed by atoms with E-state index in [2.05, 4.69) is 26.8 Å². The van der Waals surface area contributed by atoms with Crippen molar-refractivity contribution < 1.29 is 79.6 Å². The zero-order chi connectivity index (χ0) is 42.5. The number of carboxylic acids is 1. The van der Waals surface area contributed by atoms with Crippen molar-refractivity contribution in [3.05, 3.63) is 11.6 Å². The lowest BCUT2D eigenvalue weighted by Crippen LogP contribution is -2.66. The molecule has 2 aliphatic heterocycles. The minimum atomic E-state index is -1.84. The van der Waals surface area contributed by atoms with Gasteiger partial charge in [0.05, 0.1) is 30.1 Å². The minimum absolute atomic E-state index is 0.0843. The Kier molecular flexibility index (Phi) is 11.6. The third kappa shape index (κ3) is 6.37. The number of carboxylic acid groups (broad SMARTS) is 1. The highest BCUT2D eigenvalue weighted by atomic mass is 16.7. The predicted molar refractivity (Wildman–Crippen MR) is 201 cm³/mol. The van der Waals surface area contributed by atoms with Gasteiger partial charge in [-0.25, -0.2) is 0 Å². The second kappa shape index (κ2) is 15.2. The van der Waals surface area contributed by atoms with E-state index in [1.54, 1.807) is 6.92 Å². The first-order valence-corrected chi connectivity index (χ1v) is 21.1. The molecular formula is C42H66O16. The average Bonchev–Trinajstić information content (AvgIpc) is 3.19. The van der Waals surface area contributed by atoms with Crippen LogP contribution in [0.3, 0.4) is 0 Å². The van der Waals surface area contributed by atoms with Gasteiger partial charge >= 0.3 is 11.9 Å². The molecule has 16 heteroatoms. The van der Waals surface area contributed by atoms with Crippen molar-refractivity contribution in [2.45, 2.75) is 166 Å². The molecule has 4 saturated carbocycles. The topological polar surface area (TPSA) is 273 Å². The maximum atomic E-state index is 14.8. The lowest BCUT2D eigenvalue weighted by Gasteiger charge is -2.71. The first-order chi connectivity index (χ1) is 27.1. The molecule has 0 aromatic heterocycles. The Hall–Kier alpha value is -1.80. The summed E-state index contributed by atoms with van der Waals surface area (Å²) in [4.78, 5) is 27.6. The van der Waals surface area contributed by atoms with E-state index < -0.39 is 114 Å². The quantitative estimate of drug-likeness (QED) is 0.117. The maximum Gasteiger partial charge on any atom is 0.315 e. The largest absolute Gasteiger partial charge is 0.481 e. The molecule has 0 unspecified atom stereocenters. The molecule has 0 bridgehead atoms. The number of aliphatic carboxylic acids is 1. The summed E-state index contributed by atoms with van der Waals surface area (Å²) in [6, 6.07) is 0. The highest BCUT2D eigenvalue weighted by Crippen LogP contribution is 2.76. The fourth-order valence-corrected chi connectivity index (χ4v) is 13.4. The summed E-state index contributed by atoms with van der Waals surface area (Å²) >= 11 is 0. The van der Waals surface area contributed by atoms with Crippen LogP contribution in [-0.4, -0.2) is 150 Å². The Labute approximate surface area is 339 Å². The van der Waals surface area contributed by atoms with Crippen LogP contribution in [0, 0.1) is 50.2 Å². The van der Waals surface area contributed by atoms with Gasteiger partial charge in [0.25, 0.3) is 0 Å². The summed E-state index contributed by atoms with van der Waals surface area (Å²) in [5.41, 5.74) is -2.73. The molecule has 5 aliphatic carbocycles. The highest BCUT2D eigenvalue weighted by Gasteiger charge is 2.71. The zero-order valence-electron chi connectivity index (χ0n) is 34.3. The molecule has 20 atom stereocenters. The molecule has 2 saturated heterocycles. The highest BCUT2D eigenvalue weighted by molar-refractivity contribution is 5.79. The second-order valence-electron chi connectivity index (χ2n) is 20.3. The molecule has 0 aromatic carbocycles. The van der Waals surface area contributed by atoms with Crippen LogP contribution >= 0.6 is 0 Å². The van der Waals surface area contributed by atoms with E-state index in [1.165, 1.54) is 0 Å². The SMILES string of the molecule is C[C@@]1(CO)CC[C@]2(C(=O)O[C@@H]3O[C@H](CO[C@@H]4O[C@@H](CO)[C@H](O)[C@@H](O)[C@H]4O)[C@@H](O)[C@H](O)[C@@H]3O)CC[C@]3(C)C(=CC[C@H]4[C@]5(C)CC[C@H](O)[C@@](C)(C(=O)O)[C@@H]5CC[C@@]43C)[C@H]2C1. The van der Waals surface area contributed by atoms with Crippen molar-refractivity contribution in [1.82, 2.24) is 0 Å². The number of hydrogen-bond donors (Lipinski definition) is 10. The van der Waals surface area contributed by atoms with E-state index in [9.17, 15) is 60.7 Å². The number of allylic oxidation sites excluding steroid dienone is 2. The zero-order valence-corrected chi connectivity index (χ0v) is 34.3. The number of esters is 1. The average molecular weight is 827 g/mol. The van der Waals surface area contributed by atoms with Crippen molar-refractivity contribution in [3.8, 4) is 0 Å². The molecule has 0 radical (unpaired) electrons. The van der Waals surface area contributed by atoms with Crippen LogP contribution in [0.25, 0.3) is 0 Å². The van der Waals surface area contributed by atoms with Gasteiger partial charge in [-0.1, -0.05) is 39.3 Å². The molecule has 58 heavy (non-hydrogen) atoms. The molecule has 7 rings (SSSR count). The molecular weight excluding hydrogens is 760 g/mol. The van der Waals surface area contributed by atoms with Crippen LogP contribution in [-0.2, 0) is 28.5 Å². The lowest BCUT2D eigenvalue weighted by molar-refractivity contribution is -0.328. The third-order valence-electron chi connectivity index (χ3n) is 17.6. The standard InChI is InChI=1S/C42H66O16/c1-37(19-44)12-14-42(36(54)58-34-32(51)30(49)28(47)23(57-34)18-55-33-31(50)29(48)27(46)22(17-43)56-33)15-13-39(3)20(21(42)16-37)6-7-24-38(2)10-9-26(45)41(5,35(52)53)25(38)8-11-40(24,39)4/h6,21-34,43-51H,7-19H2,1-5H3,(H,52,53)/t21-,22+,23-,24+,25-,26+,27+,28-,29-,30+,31-,32+,33-,34+,37-,38+,39-,40+,41+,42+/m1/s1. The molecule has 0 amide bonds. The Morgan fingerprint density at radius 2 is 1.36 bits per heavy atom. The number of carbonyl (C=O) groups excluding carboxylic acids is 1. The van der Waals surface area contributed by atoms with Crippen molar-refractivity contribution in [3.63, 3.8) is 0 Å². The van der Waals surface area contributed by atoms with Gasteiger partial charge in [0.2, 0.25) is 6.29 Å². The summed E-state index contributed by atoms with van der Waals surface area (Å²) in [6.45, 7) is 9.18. The fraction of sp³-hybridized carbons (Fsp3) is 0.905. The molecule has 330 valence electrons. The van der Waals surface area contributed by atoms with E-state index in [1.807, 2.05) is 6.92 Å². The van der Waals surface area contributed by atoms with Crippen LogP contribution < -0.4 is 0 Å². The second-order valence-corrected chi connectivity index (χ2v) is 20.3.